The second kappa shape index (κ2) is 8.38. The molecule has 0 saturated carbocycles. The van der Waals surface area contributed by atoms with E-state index in [9.17, 15) is 14.9 Å². The second-order valence-electron chi connectivity index (χ2n) is 5.87. The van der Waals surface area contributed by atoms with E-state index in [1.54, 1.807) is 19.1 Å². The van der Waals surface area contributed by atoms with Crippen molar-refractivity contribution >= 4 is 11.7 Å². The number of nitrogens with zero attached hydrogens (tertiary/aromatic N) is 3. The summed E-state index contributed by atoms with van der Waals surface area (Å²) in [6, 6.07) is 10.3. The molecule has 10 nitrogen and oxygen atoms in total. The van der Waals surface area contributed by atoms with Crippen molar-refractivity contribution in [2.75, 3.05) is 14.2 Å². The molecule has 0 bridgehead atoms. The van der Waals surface area contributed by atoms with Gasteiger partial charge in [-0.3, -0.25) is 10.1 Å². The van der Waals surface area contributed by atoms with E-state index in [0.29, 0.717) is 17.1 Å². The molecule has 0 N–H and O–H groups in total. The highest BCUT2D eigenvalue weighted by Gasteiger charge is 2.21. The number of nitro groups is 1. The smallest absolute Gasteiger partial charge is 0.339 e. The number of rotatable bonds is 7. The molecule has 0 aliphatic rings. The Labute approximate surface area is 165 Å². The highest BCUT2D eigenvalue weighted by atomic mass is 16.6. The molecule has 0 aliphatic heterocycles. The van der Waals surface area contributed by atoms with Gasteiger partial charge in [-0.05, 0) is 37.3 Å². The fourth-order valence-electron chi connectivity index (χ4n) is 2.48. The summed E-state index contributed by atoms with van der Waals surface area (Å²) >= 11 is 0. The van der Waals surface area contributed by atoms with E-state index < -0.39 is 17.0 Å². The molecule has 0 unspecified atom stereocenters. The Bertz CT molecular complexity index is 1030. The lowest BCUT2D eigenvalue weighted by Gasteiger charge is -2.11. The largest absolute Gasteiger partial charge is 0.493 e. The van der Waals surface area contributed by atoms with Crippen LogP contribution in [0.4, 0.5) is 5.69 Å². The molecule has 29 heavy (non-hydrogen) atoms. The van der Waals surface area contributed by atoms with Crippen LogP contribution in [0, 0.1) is 10.1 Å². The molecule has 150 valence electrons. The molecule has 1 heterocycles. The summed E-state index contributed by atoms with van der Waals surface area (Å²) in [6.45, 7) is 1.59. The minimum Gasteiger partial charge on any atom is -0.493 e. The monoisotopic (exact) mass is 399 g/mol. The second-order valence-corrected chi connectivity index (χ2v) is 5.87. The van der Waals surface area contributed by atoms with Gasteiger partial charge in [-0.1, -0.05) is 0 Å². The first-order valence-corrected chi connectivity index (χ1v) is 8.44. The summed E-state index contributed by atoms with van der Waals surface area (Å²) in [5.41, 5.74) is 0.725. The molecular formula is C19H17N3O7. The molecule has 0 aliphatic carbocycles. The Morgan fingerprint density at radius 3 is 2.38 bits per heavy atom. The Hall–Kier alpha value is -3.95. The Kier molecular flexibility index (Phi) is 5.72. The fourth-order valence-corrected chi connectivity index (χ4v) is 2.48. The van der Waals surface area contributed by atoms with Gasteiger partial charge in [0.15, 0.2) is 17.6 Å². The minimum atomic E-state index is -0.810. The van der Waals surface area contributed by atoms with Crippen LogP contribution in [0.25, 0.3) is 11.5 Å². The average molecular weight is 399 g/mol. The maximum absolute atomic E-state index is 12.4. The zero-order valence-corrected chi connectivity index (χ0v) is 15.8. The van der Waals surface area contributed by atoms with Crippen molar-refractivity contribution < 1.29 is 28.3 Å². The molecular weight excluding hydrogens is 382 g/mol. The molecule has 0 fully saturated rings. The zero-order valence-electron chi connectivity index (χ0n) is 15.8. The predicted molar refractivity (Wildman–Crippen MR) is 99.8 cm³/mol. The number of nitro benzene ring substituents is 1. The standard InChI is InChI=1S/C19H17N3O7/c1-11(28-19(23)13-6-9-15(26-2)16(10-13)27-3)17-20-21-18(29-17)12-4-7-14(8-5-12)22(24)25/h4-11H,1-3H3/t11-/m1/s1. The van der Waals surface area contributed by atoms with Gasteiger partial charge in [0.25, 0.3) is 11.6 Å². The Morgan fingerprint density at radius 1 is 1.07 bits per heavy atom. The summed E-state index contributed by atoms with van der Waals surface area (Å²) in [4.78, 5) is 22.6. The first-order chi connectivity index (χ1) is 13.9. The highest BCUT2D eigenvalue weighted by molar-refractivity contribution is 5.90. The van der Waals surface area contributed by atoms with E-state index in [1.165, 1.54) is 44.6 Å². The molecule has 10 heteroatoms. The van der Waals surface area contributed by atoms with E-state index in [-0.39, 0.29) is 23.0 Å². The number of esters is 1. The van der Waals surface area contributed by atoms with Gasteiger partial charge in [-0.25, -0.2) is 4.79 Å². The van der Waals surface area contributed by atoms with Gasteiger partial charge >= 0.3 is 5.97 Å². The number of carbonyl (C=O) groups is 1. The van der Waals surface area contributed by atoms with Crippen molar-refractivity contribution in [2.45, 2.75) is 13.0 Å². The number of non-ortho nitro benzene ring substituents is 1. The SMILES string of the molecule is COc1ccc(C(=O)O[C@H](C)c2nnc(-c3ccc([N+](=O)[O-])cc3)o2)cc1OC. The van der Waals surface area contributed by atoms with Gasteiger partial charge in [0.1, 0.15) is 0 Å². The molecule has 1 aromatic heterocycles. The van der Waals surface area contributed by atoms with Gasteiger partial charge in [0.2, 0.25) is 5.89 Å². The number of carbonyl (C=O) groups excluding carboxylic acids is 1. The van der Waals surface area contributed by atoms with Crippen molar-refractivity contribution in [1.82, 2.24) is 10.2 Å². The van der Waals surface area contributed by atoms with Crippen LogP contribution in [0.15, 0.2) is 46.9 Å². The van der Waals surface area contributed by atoms with E-state index >= 15 is 0 Å². The molecule has 3 aromatic rings. The van der Waals surface area contributed by atoms with Crippen LogP contribution < -0.4 is 9.47 Å². The van der Waals surface area contributed by atoms with Crippen molar-refractivity contribution in [3.63, 3.8) is 0 Å². The molecule has 2 aromatic carbocycles. The van der Waals surface area contributed by atoms with Crippen LogP contribution in [0.1, 0.15) is 29.3 Å². The van der Waals surface area contributed by atoms with Crippen LogP contribution >= 0.6 is 0 Å². The third-order valence-corrected chi connectivity index (χ3v) is 4.02. The third kappa shape index (κ3) is 4.32. The Balaban J connectivity index is 1.72. The van der Waals surface area contributed by atoms with Gasteiger partial charge in [-0.15, -0.1) is 10.2 Å². The zero-order chi connectivity index (χ0) is 21.0. The lowest BCUT2D eigenvalue weighted by Crippen LogP contribution is -2.10. The average Bonchev–Trinajstić information content (AvgIpc) is 3.23. The van der Waals surface area contributed by atoms with Crippen molar-refractivity contribution in [1.29, 1.82) is 0 Å². The van der Waals surface area contributed by atoms with Crippen molar-refractivity contribution in [3.05, 3.63) is 64.0 Å². The summed E-state index contributed by atoms with van der Waals surface area (Å²) < 4.78 is 21.2. The summed E-state index contributed by atoms with van der Waals surface area (Å²) in [7, 11) is 2.96. The van der Waals surface area contributed by atoms with E-state index in [0.717, 1.165) is 0 Å². The molecule has 0 spiro atoms. The molecule has 1 atom stereocenters. The van der Waals surface area contributed by atoms with Gasteiger partial charge in [-0.2, -0.15) is 0 Å². The van der Waals surface area contributed by atoms with Gasteiger partial charge in [0, 0.05) is 17.7 Å². The summed E-state index contributed by atoms with van der Waals surface area (Å²) in [6.07, 6.45) is -0.810. The number of hydrogen-bond donors (Lipinski definition) is 0. The predicted octanol–water partition coefficient (Wildman–Crippen LogP) is 3.58. The van der Waals surface area contributed by atoms with Crippen LogP contribution in [0.2, 0.25) is 0 Å². The molecule has 0 saturated heterocycles. The summed E-state index contributed by atoms with van der Waals surface area (Å²) in [5, 5.41) is 18.5. The quantitative estimate of drug-likeness (QED) is 0.333. The van der Waals surface area contributed by atoms with E-state index in [2.05, 4.69) is 10.2 Å². The number of hydrogen-bond acceptors (Lipinski definition) is 9. The van der Waals surface area contributed by atoms with Gasteiger partial charge in [0.05, 0.1) is 24.7 Å². The van der Waals surface area contributed by atoms with Crippen LogP contribution in [0.3, 0.4) is 0 Å². The summed E-state index contributed by atoms with van der Waals surface area (Å²) in [5.74, 6) is 0.527. The molecule has 0 radical (unpaired) electrons. The number of ether oxygens (including phenoxy) is 3. The Morgan fingerprint density at radius 2 is 1.76 bits per heavy atom. The van der Waals surface area contributed by atoms with Gasteiger partial charge < -0.3 is 18.6 Å². The third-order valence-electron chi connectivity index (χ3n) is 4.02. The van der Waals surface area contributed by atoms with Crippen LogP contribution in [0.5, 0.6) is 11.5 Å². The number of benzene rings is 2. The minimum absolute atomic E-state index is 0.0503. The number of aromatic nitrogens is 2. The molecule has 0 amide bonds. The van der Waals surface area contributed by atoms with E-state index in [1.807, 2.05) is 0 Å². The maximum Gasteiger partial charge on any atom is 0.339 e. The van der Waals surface area contributed by atoms with Crippen LogP contribution in [-0.2, 0) is 4.74 Å². The van der Waals surface area contributed by atoms with Crippen molar-refractivity contribution in [3.8, 4) is 23.0 Å². The first kappa shape index (κ1) is 19.8. The highest BCUT2D eigenvalue weighted by Crippen LogP contribution is 2.29. The normalized spacial score (nSPS) is 11.6. The van der Waals surface area contributed by atoms with Crippen molar-refractivity contribution in [2.24, 2.45) is 0 Å². The topological polar surface area (TPSA) is 127 Å². The molecule has 3 rings (SSSR count). The lowest BCUT2D eigenvalue weighted by atomic mass is 10.2. The number of methoxy groups -OCH3 is 2. The lowest BCUT2D eigenvalue weighted by molar-refractivity contribution is -0.384. The van der Waals surface area contributed by atoms with E-state index in [4.69, 9.17) is 18.6 Å². The van der Waals surface area contributed by atoms with Crippen LogP contribution in [-0.4, -0.2) is 35.3 Å². The first-order valence-electron chi connectivity index (χ1n) is 8.44. The maximum atomic E-state index is 12.4. The fraction of sp³-hybridized carbons (Fsp3) is 0.211.